The van der Waals surface area contributed by atoms with Crippen LogP contribution in [0.4, 0.5) is 5.82 Å². The quantitative estimate of drug-likeness (QED) is 0.643. The Hall–Kier alpha value is -3.39. The fourth-order valence-electron chi connectivity index (χ4n) is 2.28. The molecule has 3 N–H and O–H groups in total. The molecular weight excluding hydrogens is 360 g/mol. The van der Waals surface area contributed by atoms with Gasteiger partial charge in [0, 0.05) is 17.4 Å². The van der Waals surface area contributed by atoms with Crippen molar-refractivity contribution in [2.45, 2.75) is 6.54 Å². The number of hydrogen-bond donors (Lipinski definition) is 3. The largest absolute Gasteiger partial charge is 0.504 e. The highest BCUT2D eigenvalue weighted by Gasteiger charge is 2.17. The van der Waals surface area contributed by atoms with Crippen molar-refractivity contribution >= 4 is 23.3 Å². The molecule has 0 fully saturated rings. The summed E-state index contributed by atoms with van der Waals surface area (Å²) in [5, 5.41) is 12.4. The minimum atomic E-state index is -0.812. The molecule has 0 aliphatic carbocycles. The van der Waals surface area contributed by atoms with Gasteiger partial charge in [-0.2, -0.15) is 0 Å². The van der Waals surface area contributed by atoms with Crippen LogP contribution in [-0.4, -0.2) is 25.5 Å². The van der Waals surface area contributed by atoms with Crippen molar-refractivity contribution in [1.82, 2.24) is 14.5 Å². The fraction of sp³-hybridized carbons (Fsp3) is 0.0588. The summed E-state index contributed by atoms with van der Waals surface area (Å²) in [4.78, 5) is 43.1. The number of benzene rings is 1. The number of aromatic nitrogens is 3. The molecule has 0 radical (unpaired) electrons. The van der Waals surface area contributed by atoms with E-state index < -0.39 is 17.2 Å². The number of nitrogens with one attached hydrogen (secondary N) is 2. The van der Waals surface area contributed by atoms with Gasteiger partial charge in [0.25, 0.3) is 11.5 Å². The number of aromatic amines is 1. The molecule has 2 heterocycles. The molecule has 132 valence electrons. The number of carbonyl (C=O) groups is 1. The molecule has 0 unspecified atom stereocenters. The lowest BCUT2D eigenvalue weighted by Crippen LogP contribution is -2.39. The lowest BCUT2D eigenvalue weighted by atomic mass is 10.2. The van der Waals surface area contributed by atoms with E-state index in [0.717, 1.165) is 10.8 Å². The van der Waals surface area contributed by atoms with Crippen molar-refractivity contribution in [3.63, 3.8) is 0 Å². The molecule has 3 rings (SSSR count). The summed E-state index contributed by atoms with van der Waals surface area (Å²) in [7, 11) is 0. The SMILES string of the molecule is O=C(Nc1ncccc1O)c1c[nH]c(=O)n(Cc2ccccc2Cl)c1=O. The van der Waals surface area contributed by atoms with Crippen LogP contribution in [0.2, 0.25) is 5.02 Å². The maximum Gasteiger partial charge on any atom is 0.328 e. The lowest BCUT2D eigenvalue weighted by molar-refractivity contribution is 0.102. The smallest absolute Gasteiger partial charge is 0.328 e. The van der Waals surface area contributed by atoms with Gasteiger partial charge in [-0.3, -0.25) is 14.2 Å². The van der Waals surface area contributed by atoms with Gasteiger partial charge < -0.3 is 15.4 Å². The maximum absolute atomic E-state index is 12.6. The van der Waals surface area contributed by atoms with E-state index in [1.54, 1.807) is 24.3 Å². The maximum atomic E-state index is 12.6. The predicted octanol–water partition coefficient (Wildman–Crippen LogP) is 1.59. The second-order valence-corrected chi connectivity index (χ2v) is 5.72. The first-order chi connectivity index (χ1) is 12.5. The summed E-state index contributed by atoms with van der Waals surface area (Å²) < 4.78 is 0.869. The first-order valence-corrected chi connectivity index (χ1v) is 7.86. The Morgan fingerprint density at radius 1 is 1.23 bits per heavy atom. The number of carbonyl (C=O) groups excluding carboxylic acids is 1. The van der Waals surface area contributed by atoms with E-state index in [1.807, 2.05) is 0 Å². The molecule has 0 bridgehead atoms. The van der Waals surface area contributed by atoms with E-state index >= 15 is 0 Å². The molecule has 0 saturated heterocycles. The Morgan fingerprint density at radius 3 is 2.73 bits per heavy atom. The third-order valence-corrected chi connectivity index (χ3v) is 3.98. The molecule has 0 saturated carbocycles. The number of hydrogen-bond acceptors (Lipinski definition) is 5. The Labute approximate surface area is 151 Å². The molecule has 0 aliphatic rings. The number of aromatic hydroxyl groups is 1. The van der Waals surface area contributed by atoms with Crippen molar-refractivity contribution in [1.29, 1.82) is 0 Å². The van der Waals surface area contributed by atoms with Gasteiger partial charge in [0.15, 0.2) is 11.6 Å². The fourth-order valence-corrected chi connectivity index (χ4v) is 2.48. The van der Waals surface area contributed by atoms with Crippen molar-refractivity contribution < 1.29 is 9.90 Å². The molecular formula is C17H13ClN4O4. The summed E-state index contributed by atoms with van der Waals surface area (Å²) in [5.41, 5.74) is -1.21. The second kappa shape index (κ2) is 7.24. The number of pyridine rings is 1. The summed E-state index contributed by atoms with van der Waals surface area (Å²) >= 11 is 6.06. The third-order valence-electron chi connectivity index (χ3n) is 3.61. The predicted molar refractivity (Wildman–Crippen MR) is 95.7 cm³/mol. The Balaban J connectivity index is 1.96. The normalized spacial score (nSPS) is 10.5. The molecule has 1 aromatic carbocycles. The summed E-state index contributed by atoms with van der Waals surface area (Å²) in [5.74, 6) is -1.16. The summed E-state index contributed by atoms with van der Waals surface area (Å²) in [6.45, 7) is -0.0935. The minimum Gasteiger partial charge on any atom is -0.504 e. The summed E-state index contributed by atoms with van der Waals surface area (Å²) in [6, 6.07) is 9.58. The zero-order chi connectivity index (χ0) is 18.7. The lowest BCUT2D eigenvalue weighted by Gasteiger charge is -2.09. The van der Waals surface area contributed by atoms with Gasteiger partial charge >= 0.3 is 5.69 Å². The van der Waals surface area contributed by atoms with Crippen LogP contribution in [0.3, 0.4) is 0 Å². The number of rotatable bonds is 4. The van der Waals surface area contributed by atoms with E-state index in [1.165, 1.54) is 18.3 Å². The van der Waals surface area contributed by atoms with E-state index in [4.69, 9.17) is 11.6 Å². The van der Waals surface area contributed by atoms with Crippen molar-refractivity contribution in [3.05, 3.63) is 85.8 Å². The number of amides is 1. The van der Waals surface area contributed by atoms with Crippen LogP contribution in [0.5, 0.6) is 5.75 Å². The van der Waals surface area contributed by atoms with E-state index in [-0.39, 0.29) is 23.7 Å². The monoisotopic (exact) mass is 372 g/mol. The van der Waals surface area contributed by atoms with Gasteiger partial charge in [0.05, 0.1) is 6.54 Å². The second-order valence-electron chi connectivity index (χ2n) is 5.32. The molecule has 3 aromatic rings. The molecule has 8 nitrogen and oxygen atoms in total. The van der Waals surface area contributed by atoms with Gasteiger partial charge in [0.2, 0.25) is 0 Å². The molecule has 1 amide bonds. The molecule has 2 aromatic heterocycles. The Morgan fingerprint density at radius 2 is 2.00 bits per heavy atom. The van der Waals surface area contributed by atoms with Gasteiger partial charge in [-0.1, -0.05) is 29.8 Å². The van der Waals surface area contributed by atoms with Crippen LogP contribution in [-0.2, 0) is 6.54 Å². The molecule has 0 spiro atoms. The van der Waals surface area contributed by atoms with Crippen molar-refractivity contribution in [2.75, 3.05) is 5.32 Å². The van der Waals surface area contributed by atoms with Crippen LogP contribution in [0.15, 0.2) is 58.4 Å². The van der Waals surface area contributed by atoms with Gasteiger partial charge in [-0.15, -0.1) is 0 Å². The highest BCUT2D eigenvalue weighted by atomic mass is 35.5. The number of H-pyrrole nitrogens is 1. The number of halogens is 1. The molecule has 0 aliphatic heterocycles. The minimum absolute atomic E-state index is 0.0935. The highest BCUT2D eigenvalue weighted by Crippen LogP contribution is 2.18. The first-order valence-electron chi connectivity index (χ1n) is 7.48. The molecule has 26 heavy (non-hydrogen) atoms. The zero-order valence-corrected chi connectivity index (χ0v) is 14.0. The molecule has 9 heteroatoms. The van der Waals surface area contributed by atoms with Crippen molar-refractivity contribution in [3.8, 4) is 5.75 Å². The van der Waals surface area contributed by atoms with Crippen LogP contribution in [0.25, 0.3) is 0 Å². The zero-order valence-electron chi connectivity index (χ0n) is 13.3. The Kier molecular flexibility index (Phi) is 4.85. The van der Waals surface area contributed by atoms with Crippen molar-refractivity contribution in [2.24, 2.45) is 0 Å². The standard InChI is InChI=1S/C17H13ClN4O4/c18-12-5-2-1-4-10(12)9-22-16(25)11(8-20-17(22)26)15(24)21-14-13(23)6-3-7-19-14/h1-8,23H,9H2,(H,20,26)(H,19,21,24). The average Bonchev–Trinajstić information content (AvgIpc) is 2.62. The topological polar surface area (TPSA) is 117 Å². The average molecular weight is 373 g/mol. The van der Waals surface area contributed by atoms with Gasteiger partial charge in [-0.05, 0) is 23.8 Å². The number of nitrogens with zero attached hydrogens (tertiary/aromatic N) is 2. The highest BCUT2D eigenvalue weighted by molar-refractivity contribution is 6.31. The van der Waals surface area contributed by atoms with Crippen LogP contribution in [0, 0.1) is 0 Å². The van der Waals surface area contributed by atoms with Gasteiger partial charge in [0.1, 0.15) is 5.56 Å². The third kappa shape index (κ3) is 3.50. The van der Waals surface area contributed by atoms with E-state index in [9.17, 15) is 19.5 Å². The van der Waals surface area contributed by atoms with Crippen LogP contribution >= 0.6 is 11.6 Å². The number of anilines is 1. The van der Waals surface area contributed by atoms with Crippen LogP contribution < -0.4 is 16.6 Å². The molecule has 0 atom stereocenters. The van der Waals surface area contributed by atoms with E-state index in [0.29, 0.717) is 10.6 Å². The summed E-state index contributed by atoms with van der Waals surface area (Å²) in [6.07, 6.45) is 2.39. The Bertz CT molecular complexity index is 1090. The van der Waals surface area contributed by atoms with Crippen LogP contribution in [0.1, 0.15) is 15.9 Å². The first kappa shape index (κ1) is 17.4. The van der Waals surface area contributed by atoms with E-state index in [2.05, 4.69) is 15.3 Å². The van der Waals surface area contributed by atoms with Gasteiger partial charge in [-0.25, -0.2) is 9.78 Å².